The second-order valence-corrected chi connectivity index (χ2v) is 4.67. The molecule has 0 saturated carbocycles. The lowest BCUT2D eigenvalue weighted by molar-refractivity contribution is -0.143. The Labute approximate surface area is 129 Å². The van der Waals surface area contributed by atoms with Gasteiger partial charge in [-0.1, -0.05) is 18.2 Å². The molecule has 6 nitrogen and oxygen atoms in total. The Morgan fingerprint density at radius 3 is 2.77 bits per heavy atom. The van der Waals surface area contributed by atoms with Gasteiger partial charge in [-0.05, 0) is 25.5 Å². The van der Waals surface area contributed by atoms with E-state index in [9.17, 15) is 9.59 Å². The van der Waals surface area contributed by atoms with Gasteiger partial charge < -0.3 is 10.1 Å². The van der Waals surface area contributed by atoms with Crippen molar-refractivity contribution < 1.29 is 14.3 Å². The zero-order valence-corrected chi connectivity index (χ0v) is 12.5. The Bertz CT molecular complexity index is 623. The molecule has 0 fully saturated rings. The van der Waals surface area contributed by atoms with E-state index in [0.717, 1.165) is 5.69 Å². The van der Waals surface area contributed by atoms with Crippen LogP contribution in [-0.4, -0.2) is 34.8 Å². The van der Waals surface area contributed by atoms with E-state index in [1.54, 1.807) is 17.8 Å². The summed E-state index contributed by atoms with van der Waals surface area (Å²) in [6.45, 7) is 2.57. The van der Waals surface area contributed by atoms with Crippen LogP contribution in [0.4, 0.5) is 0 Å². The summed E-state index contributed by atoms with van der Waals surface area (Å²) in [5, 5.41) is 6.93. The van der Waals surface area contributed by atoms with Gasteiger partial charge in [0.15, 0.2) is 0 Å². The van der Waals surface area contributed by atoms with Crippen LogP contribution in [0.2, 0.25) is 0 Å². The van der Waals surface area contributed by atoms with Gasteiger partial charge >= 0.3 is 5.97 Å². The Hall–Kier alpha value is -2.63. The molecule has 1 amide bonds. The Balaban J connectivity index is 1.81. The van der Waals surface area contributed by atoms with Crippen molar-refractivity contribution >= 4 is 11.9 Å². The summed E-state index contributed by atoms with van der Waals surface area (Å²) in [5.41, 5.74) is 1.38. The standard InChI is InChI=1S/C16H19N3O3/c1-2-22-15(20)9-6-10-17-16(21)13-11-18-19(12-13)14-7-4-3-5-8-14/h3-5,7-8,11-12H,2,6,9-10H2,1H3,(H,17,21). The monoisotopic (exact) mass is 301 g/mol. The molecule has 2 aromatic rings. The first-order valence-electron chi connectivity index (χ1n) is 7.24. The van der Waals surface area contributed by atoms with Crippen molar-refractivity contribution in [3.05, 3.63) is 48.3 Å². The van der Waals surface area contributed by atoms with Gasteiger partial charge in [0.05, 0.1) is 24.1 Å². The van der Waals surface area contributed by atoms with Crippen LogP contribution in [0, 0.1) is 0 Å². The van der Waals surface area contributed by atoms with Gasteiger partial charge in [-0.3, -0.25) is 9.59 Å². The van der Waals surface area contributed by atoms with Gasteiger partial charge in [-0.15, -0.1) is 0 Å². The Kier molecular flexibility index (Phi) is 5.71. The second kappa shape index (κ2) is 7.97. The number of ether oxygens (including phenoxy) is 1. The number of hydrogen-bond donors (Lipinski definition) is 1. The third kappa shape index (κ3) is 4.44. The highest BCUT2D eigenvalue weighted by Crippen LogP contribution is 2.07. The lowest BCUT2D eigenvalue weighted by Crippen LogP contribution is -2.24. The van der Waals surface area contributed by atoms with Gasteiger partial charge in [0.1, 0.15) is 0 Å². The molecule has 1 aromatic heterocycles. The maximum absolute atomic E-state index is 12.0. The van der Waals surface area contributed by atoms with Crippen molar-refractivity contribution in [2.24, 2.45) is 0 Å². The summed E-state index contributed by atoms with van der Waals surface area (Å²) in [6.07, 6.45) is 4.05. The Morgan fingerprint density at radius 1 is 1.27 bits per heavy atom. The van der Waals surface area contributed by atoms with E-state index in [0.29, 0.717) is 31.6 Å². The number of carbonyl (C=O) groups excluding carboxylic acids is 2. The SMILES string of the molecule is CCOC(=O)CCCNC(=O)c1cnn(-c2ccccc2)c1. The number of amides is 1. The highest BCUT2D eigenvalue weighted by Gasteiger charge is 2.09. The molecule has 0 aliphatic carbocycles. The topological polar surface area (TPSA) is 73.2 Å². The van der Waals surface area contributed by atoms with Crippen molar-refractivity contribution in [1.82, 2.24) is 15.1 Å². The highest BCUT2D eigenvalue weighted by molar-refractivity contribution is 5.93. The van der Waals surface area contributed by atoms with E-state index in [1.165, 1.54) is 6.20 Å². The molecular formula is C16H19N3O3. The van der Waals surface area contributed by atoms with Crippen molar-refractivity contribution in [2.45, 2.75) is 19.8 Å². The summed E-state index contributed by atoms with van der Waals surface area (Å²) in [5.74, 6) is -0.445. The number of rotatable bonds is 7. The van der Waals surface area contributed by atoms with Crippen LogP contribution in [0.15, 0.2) is 42.7 Å². The lowest BCUT2D eigenvalue weighted by atomic mass is 10.3. The minimum Gasteiger partial charge on any atom is -0.466 e. The third-order valence-electron chi connectivity index (χ3n) is 3.01. The van der Waals surface area contributed by atoms with Crippen molar-refractivity contribution in [3.8, 4) is 5.69 Å². The molecule has 116 valence electrons. The second-order valence-electron chi connectivity index (χ2n) is 4.67. The van der Waals surface area contributed by atoms with E-state index in [4.69, 9.17) is 4.74 Å². The van der Waals surface area contributed by atoms with Crippen LogP contribution in [0.25, 0.3) is 5.69 Å². The van der Waals surface area contributed by atoms with Crippen LogP contribution in [-0.2, 0) is 9.53 Å². The number of benzene rings is 1. The van der Waals surface area contributed by atoms with Gasteiger partial charge in [0.25, 0.3) is 5.91 Å². The third-order valence-corrected chi connectivity index (χ3v) is 3.01. The van der Waals surface area contributed by atoms with Crippen LogP contribution < -0.4 is 5.32 Å². The first-order valence-corrected chi connectivity index (χ1v) is 7.24. The first kappa shape index (κ1) is 15.8. The van der Waals surface area contributed by atoms with Crippen molar-refractivity contribution in [1.29, 1.82) is 0 Å². The molecule has 0 unspecified atom stereocenters. The minimum absolute atomic E-state index is 0.203. The molecule has 0 saturated heterocycles. The summed E-state index contributed by atoms with van der Waals surface area (Å²) in [4.78, 5) is 23.1. The van der Waals surface area contributed by atoms with E-state index in [1.807, 2.05) is 30.3 Å². The lowest BCUT2D eigenvalue weighted by Gasteiger charge is -2.03. The average Bonchev–Trinajstić information content (AvgIpc) is 3.02. The van der Waals surface area contributed by atoms with E-state index >= 15 is 0 Å². The predicted octanol–water partition coefficient (Wildman–Crippen LogP) is 1.95. The van der Waals surface area contributed by atoms with Crippen LogP contribution in [0.1, 0.15) is 30.1 Å². The smallest absolute Gasteiger partial charge is 0.305 e. The zero-order valence-electron chi connectivity index (χ0n) is 12.5. The average molecular weight is 301 g/mol. The van der Waals surface area contributed by atoms with E-state index < -0.39 is 0 Å². The summed E-state index contributed by atoms with van der Waals surface area (Å²) in [6, 6.07) is 9.56. The largest absolute Gasteiger partial charge is 0.466 e. The number of esters is 1. The van der Waals surface area contributed by atoms with Crippen LogP contribution in [0.3, 0.4) is 0 Å². The zero-order chi connectivity index (χ0) is 15.8. The van der Waals surface area contributed by atoms with Crippen molar-refractivity contribution in [2.75, 3.05) is 13.2 Å². The fourth-order valence-corrected chi connectivity index (χ4v) is 1.93. The molecule has 0 atom stereocenters. The summed E-state index contributed by atoms with van der Waals surface area (Å²) >= 11 is 0. The molecule has 22 heavy (non-hydrogen) atoms. The molecule has 0 spiro atoms. The van der Waals surface area contributed by atoms with Crippen molar-refractivity contribution in [3.63, 3.8) is 0 Å². The summed E-state index contributed by atoms with van der Waals surface area (Å²) in [7, 11) is 0. The molecule has 1 aromatic carbocycles. The van der Waals surface area contributed by atoms with Gasteiger partial charge in [0, 0.05) is 19.2 Å². The number of nitrogens with one attached hydrogen (secondary N) is 1. The minimum atomic E-state index is -0.242. The maximum atomic E-state index is 12.0. The molecule has 0 aliphatic heterocycles. The molecule has 1 N–H and O–H groups in total. The van der Waals surface area contributed by atoms with Crippen LogP contribution >= 0.6 is 0 Å². The predicted molar refractivity (Wildman–Crippen MR) is 81.8 cm³/mol. The fourth-order valence-electron chi connectivity index (χ4n) is 1.93. The first-order chi connectivity index (χ1) is 10.7. The normalized spacial score (nSPS) is 10.2. The van der Waals surface area contributed by atoms with E-state index in [2.05, 4.69) is 10.4 Å². The van der Waals surface area contributed by atoms with Gasteiger partial charge in [0.2, 0.25) is 0 Å². The van der Waals surface area contributed by atoms with Crippen LogP contribution in [0.5, 0.6) is 0 Å². The number of para-hydroxylation sites is 1. The number of aromatic nitrogens is 2. The maximum Gasteiger partial charge on any atom is 0.305 e. The number of hydrogen-bond acceptors (Lipinski definition) is 4. The molecule has 2 rings (SSSR count). The molecule has 0 radical (unpaired) electrons. The number of carbonyl (C=O) groups is 2. The molecular weight excluding hydrogens is 282 g/mol. The van der Waals surface area contributed by atoms with Gasteiger partial charge in [-0.25, -0.2) is 4.68 Å². The van der Waals surface area contributed by atoms with E-state index in [-0.39, 0.29) is 11.9 Å². The quantitative estimate of drug-likeness (QED) is 0.626. The van der Waals surface area contributed by atoms with Gasteiger partial charge in [-0.2, -0.15) is 5.10 Å². The molecule has 1 heterocycles. The molecule has 0 bridgehead atoms. The Morgan fingerprint density at radius 2 is 2.05 bits per heavy atom. The fraction of sp³-hybridized carbons (Fsp3) is 0.312. The highest BCUT2D eigenvalue weighted by atomic mass is 16.5. The summed E-state index contributed by atoms with van der Waals surface area (Å²) < 4.78 is 6.47. The molecule has 0 aliphatic rings. The molecule has 6 heteroatoms. The number of nitrogens with zero attached hydrogens (tertiary/aromatic N) is 2.